The van der Waals surface area contributed by atoms with Crippen molar-refractivity contribution in [2.24, 2.45) is 11.7 Å². The van der Waals surface area contributed by atoms with Crippen LogP contribution in [0.4, 0.5) is 5.69 Å². The number of amides is 2. The summed E-state index contributed by atoms with van der Waals surface area (Å²) in [6.07, 6.45) is 0.792. The van der Waals surface area contributed by atoms with Crippen LogP contribution >= 0.6 is 11.3 Å². The van der Waals surface area contributed by atoms with Crippen LogP contribution in [0.2, 0.25) is 0 Å². The fourth-order valence-corrected chi connectivity index (χ4v) is 2.65. The molecular weight excluding hydrogens is 324 g/mol. The molecule has 7 heteroatoms. The summed E-state index contributed by atoms with van der Waals surface area (Å²) in [7, 11) is 0. The van der Waals surface area contributed by atoms with Gasteiger partial charge in [-0.1, -0.05) is 26.0 Å². The Morgan fingerprint density at radius 2 is 2.17 bits per heavy atom. The van der Waals surface area contributed by atoms with Gasteiger partial charge in [-0.3, -0.25) is 9.59 Å². The standard InChI is InChI=1S/C17H22N4O2S/c1-3-11(2)16(22)20-13-6-4-5-12(7-13)9-19-17(23)14-10-24-15(8-18)21-14/h4-7,10-11H,3,8-9,18H2,1-2H3,(H,19,23)(H,20,22). The van der Waals surface area contributed by atoms with Gasteiger partial charge in [-0.15, -0.1) is 11.3 Å². The first kappa shape index (κ1) is 18.1. The van der Waals surface area contributed by atoms with Gasteiger partial charge in [-0.2, -0.15) is 0 Å². The maximum Gasteiger partial charge on any atom is 0.271 e. The van der Waals surface area contributed by atoms with E-state index in [1.165, 1.54) is 11.3 Å². The van der Waals surface area contributed by atoms with Crippen LogP contribution in [0.3, 0.4) is 0 Å². The van der Waals surface area contributed by atoms with Crippen molar-refractivity contribution in [3.8, 4) is 0 Å². The smallest absolute Gasteiger partial charge is 0.271 e. The normalized spacial score (nSPS) is 11.8. The highest BCUT2D eigenvalue weighted by molar-refractivity contribution is 7.09. The van der Waals surface area contributed by atoms with E-state index < -0.39 is 0 Å². The van der Waals surface area contributed by atoms with Crippen molar-refractivity contribution in [2.45, 2.75) is 33.4 Å². The second-order valence-electron chi connectivity index (χ2n) is 5.51. The number of rotatable bonds is 7. The van der Waals surface area contributed by atoms with E-state index in [4.69, 9.17) is 5.73 Å². The Morgan fingerprint density at radius 1 is 1.38 bits per heavy atom. The molecule has 0 saturated heterocycles. The van der Waals surface area contributed by atoms with Crippen LogP contribution in [0.5, 0.6) is 0 Å². The molecule has 1 heterocycles. The van der Waals surface area contributed by atoms with Crippen molar-refractivity contribution in [1.82, 2.24) is 10.3 Å². The van der Waals surface area contributed by atoms with Crippen molar-refractivity contribution >= 4 is 28.8 Å². The highest BCUT2D eigenvalue weighted by Gasteiger charge is 2.12. The molecule has 0 aliphatic heterocycles. The number of benzene rings is 1. The third-order valence-corrected chi connectivity index (χ3v) is 4.54. The number of nitrogens with two attached hydrogens (primary N) is 1. The predicted octanol–water partition coefficient (Wildman–Crippen LogP) is 2.52. The van der Waals surface area contributed by atoms with Crippen LogP contribution in [0.25, 0.3) is 0 Å². The molecule has 1 atom stereocenters. The molecule has 2 amide bonds. The summed E-state index contributed by atoms with van der Waals surface area (Å²) in [6.45, 7) is 4.56. The topological polar surface area (TPSA) is 97.1 Å². The monoisotopic (exact) mass is 346 g/mol. The minimum atomic E-state index is -0.236. The zero-order chi connectivity index (χ0) is 17.5. The van der Waals surface area contributed by atoms with Gasteiger partial charge in [0.2, 0.25) is 5.91 Å². The molecule has 0 radical (unpaired) electrons. The Hall–Kier alpha value is -2.25. The summed E-state index contributed by atoms with van der Waals surface area (Å²) < 4.78 is 0. The van der Waals surface area contributed by atoms with Crippen molar-refractivity contribution in [3.63, 3.8) is 0 Å². The fraction of sp³-hybridized carbons (Fsp3) is 0.353. The molecule has 2 rings (SSSR count). The Bertz CT molecular complexity index is 714. The van der Waals surface area contributed by atoms with Gasteiger partial charge in [-0.25, -0.2) is 4.98 Å². The number of thiazole rings is 1. The van der Waals surface area contributed by atoms with Gasteiger partial charge in [0.15, 0.2) is 0 Å². The number of nitrogens with one attached hydrogen (secondary N) is 2. The molecule has 0 spiro atoms. The molecular formula is C17H22N4O2S. The minimum absolute atomic E-state index is 0.00419. The number of nitrogens with zero attached hydrogens (tertiary/aromatic N) is 1. The highest BCUT2D eigenvalue weighted by atomic mass is 32.1. The van der Waals surface area contributed by atoms with Crippen molar-refractivity contribution in [1.29, 1.82) is 0 Å². The highest BCUT2D eigenvalue weighted by Crippen LogP contribution is 2.14. The first-order valence-electron chi connectivity index (χ1n) is 7.86. The number of carbonyl (C=O) groups excluding carboxylic acids is 2. The summed E-state index contributed by atoms with van der Waals surface area (Å²) in [6, 6.07) is 7.43. The first-order chi connectivity index (χ1) is 11.5. The van der Waals surface area contributed by atoms with E-state index in [9.17, 15) is 9.59 Å². The van der Waals surface area contributed by atoms with Gasteiger partial charge >= 0.3 is 0 Å². The molecule has 0 aliphatic carbocycles. The van der Waals surface area contributed by atoms with Crippen LogP contribution < -0.4 is 16.4 Å². The second kappa shape index (κ2) is 8.56. The summed E-state index contributed by atoms with van der Waals surface area (Å²) in [5, 5.41) is 8.13. The Morgan fingerprint density at radius 3 is 2.83 bits per heavy atom. The van der Waals surface area contributed by atoms with Gasteiger partial charge in [0.05, 0.1) is 0 Å². The molecule has 4 N–H and O–H groups in total. The Labute approximate surface area is 145 Å². The predicted molar refractivity (Wildman–Crippen MR) is 95.7 cm³/mol. The molecule has 6 nitrogen and oxygen atoms in total. The molecule has 0 saturated carbocycles. The lowest BCUT2D eigenvalue weighted by atomic mass is 10.1. The van der Waals surface area contributed by atoms with Crippen LogP contribution in [0.1, 0.15) is 41.3 Å². The maximum absolute atomic E-state index is 12.1. The number of anilines is 1. The second-order valence-corrected chi connectivity index (χ2v) is 6.45. The quantitative estimate of drug-likeness (QED) is 0.717. The molecule has 1 aromatic heterocycles. The SMILES string of the molecule is CCC(C)C(=O)Nc1cccc(CNC(=O)c2csc(CN)n2)c1. The van der Waals surface area contributed by atoms with E-state index >= 15 is 0 Å². The molecule has 0 aliphatic rings. The molecule has 1 aromatic carbocycles. The minimum Gasteiger partial charge on any atom is -0.347 e. The van der Waals surface area contributed by atoms with Crippen LogP contribution in [0, 0.1) is 5.92 Å². The maximum atomic E-state index is 12.1. The van der Waals surface area contributed by atoms with Gasteiger partial charge in [-0.05, 0) is 24.1 Å². The van der Waals surface area contributed by atoms with Crippen molar-refractivity contribution in [3.05, 3.63) is 45.9 Å². The number of hydrogen-bond acceptors (Lipinski definition) is 5. The van der Waals surface area contributed by atoms with Gasteiger partial charge in [0, 0.05) is 30.1 Å². The third-order valence-electron chi connectivity index (χ3n) is 3.67. The first-order valence-corrected chi connectivity index (χ1v) is 8.74. The largest absolute Gasteiger partial charge is 0.347 e. The van der Waals surface area contributed by atoms with E-state index in [1.54, 1.807) is 5.38 Å². The molecule has 0 fully saturated rings. The van der Waals surface area contributed by atoms with Gasteiger partial charge in [0.25, 0.3) is 5.91 Å². The van der Waals surface area contributed by atoms with E-state index in [0.717, 1.165) is 22.7 Å². The van der Waals surface area contributed by atoms with Crippen molar-refractivity contribution in [2.75, 3.05) is 5.32 Å². The van der Waals surface area contributed by atoms with E-state index in [-0.39, 0.29) is 17.7 Å². The van der Waals surface area contributed by atoms with E-state index in [1.807, 2.05) is 38.1 Å². The Balaban J connectivity index is 1.94. The molecule has 24 heavy (non-hydrogen) atoms. The van der Waals surface area contributed by atoms with Gasteiger partial charge in [0.1, 0.15) is 10.7 Å². The van der Waals surface area contributed by atoms with Crippen LogP contribution in [-0.2, 0) is 17.9 Å². The lowest BCUT2D eigenvalue weighted by molar-refractivity contribution is -0.119. The van der Waals surface area contributed by atoms with Crippen molar-refractivity contribution < 1.29 is 9.59 Å². The number of aromatic nitrogens is 1. The summed E-state index contributed by atoms with van der Waals surface area (Å²) in [5.74, 6) is -0.273. The van der Waals surface area contributed by atoms with Crippen LogP contribution in [0.15, 0.2) is 29.6 Å². The average molecular weight is 346 g/mol. The average Bonchev–Trinajstić information content (AvgIpc) is 3.08. The third kappa shape index (κ3) is 4.87. The fourth-order valence-electron chi connectivity index (χ4n) is 1.99. The van der Waals surface area contributed by atoms with E-state index in [0.29, 0.717) is 18.8 Å². The summed E-state index contributed by atoms with van der Waals surface area (Å²) in [5.41, 5.74) is 7.50. The lowest BCUT2D eigenvalue weighted by Gasteiger charge is -2.11. The molecule has 2 aromatic rings. The molecule has 128 valence electrons. The number of carbonyl (C=O) groups is 2. The summed E-state index contributed by atoms with van der Waals surface area (Å²) in [4.78, 5) is 28.2. The van der Waals surface area contributed by atoms with Gasteiger partial charge < -0.3 is 16.4 Å². The summed E-state index contributed by atoms with van der Waals surface area (Å²) >= 11 is 1.37. The van der Waals surface area contributed by atoms with Crippen LogP contribution in [-0.4, -0.2) is 16.8 Å². The van der Waals surface area contributed by atoms with E-state index in [2.05, 4.69) is 15.6 Å². The Kier molecular flexibility index (Phi) is 6.45. The zero-order valence-electron chi connectivity index (χ0n) is 13.8. The zero-order valence-corrected chi connectivity index (χ0v) is 14.7. The number of hydrogen-bond donors (Lipinski definition) is 3. The molecule has 0 bridgehead atoms. The lowest BCUT2D eigenvalue weighted by Crippen LogP contribution is -2.23. The molecule has 1 unspecified atom stereocenters.